The number of hydrogen-bond donors (Lipinski definition) is 1. The van der Waals surface area contributed by atoms with E-state index in [0.29, 0.717) is 5.41 Å². The number of unbranched alkanes of at least 4 members (excludes halogenated alkanes) is 1. The molecule has 0 rings (SSSR count). The van der Waals surface area contributed by atoms with Crippen molar-refractivity contribution in [3.8, 4) is 0 Å². The van der Waals surface area contributed by atoms with Crippen molar-refractivity contribution >= 4 is 0 Å². The summed E-state index contributed by atoms with van der Waals surface area (Å²) in [5, 5.41) is 8.32. The molecule has 0 saturated heterocycles. The molecule has 1 N–H and O–H groups in total. The average molecular weight is 168 g/mol. The molecule has 0 aliphatic carbocycles. The summed E-state index contributed by atoms with van der Waals surface area (Å²) in [6.45, 7) is 6.76. The molecule has 0 amide bonds. The Balaban J connectivity index is 3.33. The Labute approximate surface area is 75.8 Å². The summed E-state index contributed by atoms with van der Waals surface area (Å²) in [7, 11) is 0. The maximum atomic E-state index is 8.32. The van der Waals surface area contributed by atoms with Gasteiger partial charge in [-0.2, -0.15) is 0 Å². The van der Waals surface area contributed by atoms with Crippen LogP contribution in [0.25, 0.3) is 0 Å². The van der Waals surface area contributed by atoms with Crippen molar-refractivity contribution in [2.24, 2.45) is 5.41 Å². The summed E-state index contributed by atoms with van der Waals surface area (Å²) in [5.74, 6) is 0. The van der Waals surface area contributed by atoms with Crippen molar-refractivity contribution in [1.82, 2.24) is 0 Å². The summed E-state index contributed by atoms with van der Waals surface area (Å²) in [4.78, 5) is 0. The zero-order valence-corrected chi connectivity index (χ0v) is 8.38. The second-order valence-electron chi connectivity index (χ2n) is 4.22. The van der Waals surface area contributed by atoms with E-state index >= 15 is 0 Å². The lowest BCUT2D eigenvalue weighted by Crippen LogP contribution is -2.03. The van der Waals surface area contributed by atoms with Crippen molar-refractivity contribution in [2.75, 3.05) is 0 Å². The quantitative estimate of drug-likeness (QED) is 0.384. The molecule has 0 aromatic rings. The highest BCUT2D eigenvalue weighted by Crippen LogP contribution is 2.21. The van der Waals surface area contributed by atoms with Crippen LogP contribution in [0, 0.1) is 5.41 Å². The van der Waals surface area contributed by atoms with Gasteiger partial charge in [0.25, 0.3) is 0 Å². The summed E-state index contributed by atoms with van der Waals surface area (Å²) in [5.41, 5.74) is 0.445. The molecule has 0 atom stereocenters. The Hall–Kier alpha value is -0.720. The second kappa shape index (κ2) is 5.87. The van der Waals surface area contributed by atoms with E-state index < -0.39 is 0 Å². The van der Waals surface area contributed by atoms with Crippen molar-refractivity contribution in [3.63, 3.8) is 0 Å². The van der Waals surface area contributed by atoms with Gasteiger partial charge in [-0.3, -0.25) is 0 Å². The van der Waals surface area contributed by atoms with Gasteiger partial charge in [0.05, 0.1) is 6.26 Å². The standard InChI is InChI=1S/C11H20O/c1-11(2,3)9-7-5-4-6-8-10-12/h4,6,8,10,12H,5,7,9H2,1-3H3. The summed E-state index contributed by atoms with van der Waals surface area (Å²) in [6.07, 6.45) is 10.2. The molecule has 0 fully saturated rings. The van der Waals surface area contributed by atoms with Crippen LogP contribution in [0.3, 0.4) is 0 Å². The minimum Gasteiger partial charge on any atom is -0.516 e. The van der Waals surface area contributed by atoms with Gasteiger partial charge in [0.15, 0.2) is 0 Å². The minimum absolute atomic E-state index is 0.445. The third kappa shape index (κ3) is 9.28. The van der Waals surface area contributed by atoms with Crippen LogP contribution in [0.5, 0.6) is 0 Å². The van der Waals surface area contributed by atoms with Crippen LogP contribution in [-0.4, -0.2) is 5.11 Å². The van der Waals surface area contributed by atoms with E-state index in [2.05, 4.69) is 26.8 Å². The first-order valence-corrected chi connectivity index (χ1v) is 4.52. The average Bonchev–Trinajstić information content (AvgIpc) is 1.94. The lowest BCUT2D eigenvalue weighted by Gasteiger charge is -2.16. The number of aliphatic hydroxyl groups is 1. The molecule has 0 heterocycles. The SMILES string of the molecule is CC(C)(C)CCCC=CC=CO. The number of hydrogen-bond acceptors (Lipinski definition) is 1. The Kier molecular flexibility index (Phi) is 5.52. The molecular weight excluding hydrogens is 148 g/mol. The van der Waals surface area contributed by atoms with E-state index in [1.54, 1.807) is 6.08 Å². The molecule has 12 heavy (non-hydrogen) atoms. The molecule has 0 spiro atoms. The van der Waals surface area contributed by atoms with Crippen LogP contribution in [0.15, 0.2) is 24.5 Å². The van der Waals surface area contributed by atoms with Crippen molar-refractivity contribution in [2.45, 2.75) is 40.0 Å². The van der Waals surface area contributed by atoms with Crippen molar-refractivity contribution in [3.05, 3.63) is 24.5 Å². The third-order valence-electron chi connectivity index (χ3n) is 1.63. The highest BCUT2D eigenvalue weighted by atomic mass is 16.2. The summed E-state index contributed by atoms with van der Waals surface area (Å²) < 4.78 is 0. The fourth-order valence-corrected chi connectivity index (χ4v) is 0.975. The van der Waals surface area contributed by atoms with E-state index in [0.717, 1.165) is 12.7 Å². The van der Waals surface area contributed by atoms with Crippen LogP contribution < -0.4 is 0 Å². The zero-order valence-electron chi connectivity index (χ0n) is 8.38. The molecule has 0 unspecified atom stereocenters. The van der Waals surface area contributed by atoms with Gasteiger partial charge in [-0.05, 0) is 30.8 Å². The first-order valence-electron chi connectivity index (χ1n) is 4.52. The molecular formula is C11H20O. The van der Waals surface area contributed by atoms with Gasteiger partial charge in [-0.25, -0.2) is 0 Å². The summed E-state index contributed by atoms with van der Waals surface area (Å²) in [6, 6.07) is 0. The first-order chi connectivity index (χ1) is 5.56. The van der Waals surface area contributed by atoms with E-state index in [1.165, 1.54) is 12.8 Å². The lowest BCUT2D eigenvalue weighted by atomic mass is 9.90. The molecule has 0 aliphatic rings. The Morgan fingerprint density at radius 3 is 2.33 bits per heavy atom. The van der Waals surface area contributed by atoms with E-state index in [1.807, 2.05) is 6.08 Å². The molecule has 1 nitrogen and oxygen atoms in total. The molecule has 0 aromatic carbocycles. The largest absolute Gasteiger partial charge is 0.516 e. The maximum absolute atomic E-state index is 8.32. The topological polar surface area (TPSA) is 20.2 Å². The van der Waals surface area contributed by atoms with Crippen LogP contribution in [0.1, 0.15) is 40.0 Å². The lowest BCUT2D eigenvalue weighted by molar-refractivity contribution is 0.367. The smallest absolute Gasteiger partial charge is 0.0791 e. The van der Waals surface area contributed by atoms with Gasteiger partial charge in [0.1, 0.15) is 0 Å². The Morgan fingerprint density at radius 1 is 1.17 bits per heavy atom. The molecule has 0 radical (unpaired) electrons. The van der Waals surface area contributed by atoms with Gasteiger partial charge in [0.2, 0.25) is 0 Å². The second-order valence-corrected chi connectivity index (χ2v) is 4.22. The predicted molar refractivity (Wildman–Crippen MR) is 54.2 cm³/mol. The Morgan fingerprint density at radius 2 is 1.83 bits per heavy atom. The maximum Gasteiger partial charge on any atom is 0.0791 e. The fourth-order valence-electron chi connectivity index (χ4n) is 0.975. The van der Waals surface area contributed by atoms with Gasteiger partial charge in [0, 0.05) is 0 Å². The minimum atomic E-state index is 0.445. The molecule has 0 saturated carbocycles. The van der Waals surface area contributed by atoms with Crippen molar-refractivity contribution in [1.29, 1.82) is 0 Å². The molecule has 0 bridgehead atoms. The van der Waals surface area contributed by atoms with Crippen LogP contribution in [0.2, 0.25) is 0 Å². The summed E-state index contributed by atoms with van der Waals surface area (Å²) >= 11 is 0. The van der Waals surface area contributed by atoms with Gasteiger partial charge in [-0.15, -0.1) is 0 Å². The molecule has 70 valence electrons. The van der Waals surface area contributed by atoms with E-state index in [-0.39, 0.29) is 0 Å². The highest BCUT2D eigenvalue weighted by Gasteiger charge is 2.07. The normalized spacial score (nSPS) is 13.2. The number of allylic oxidation sites excluding steroid dienone is 3. The highest BCUT2D eigenvalue weighted by molar-refractivity contribution is 4.98. The number of aliphatic hydroxyl groups excluding tert-OH is 1. The monoisotopic (exact) mass is 168 g/mol. The van der Waals surface area contributed by atoms with Gasteiger partial charge < -0.3 is 5.11 Å². The van der Waals surface area contributed by atoms with Gasteiger partial charge >= 0.3 is 0 Å². The number of rotatable bonds is 4. The molecule has 0 aromatic heterocycles. The van der Waals surface area contributed by atoms with Gasteiger partial charge in [-0.1, -0.05) is 32.9 Å². The third-order valence-corrected chi connectivity index (χ3v) is 1.63. The van der Waals surface area contributed by atoms with Crippen molar-refractivity contribution < 1.29 is 5.11 Å². The Bertz CT molecular complexity index is 149. The molecule has 1 heteroatoms. The van der Waals surface area contributed by atoms with Crippen LogP contribution in [0.4, 0.5) is 0 Å². The molecule has 0 aliphatic heterocycles. The van der Waals surface area contributed by atoms with E-state index in [9.17, 15) is 0 Å². The predicted octanol–water partition coefficient (Wildman–Crippen LogP) is 3.83. The fraction of sp³-hybridized carbons (Fsp3) is 0.636. The van der Waals surface area contributed by atoms with E-state index in [4.69, 9.17) is 5.11 Å². The van der Waals surface area contributed by atoms with Crippen LogP contribution in [-0.2, 0) is 0 Å². The van der Waals surface area contributed by atoms with Crippen LogP contribution >= 0.6 is 0 Å². The first kappa shape index (κ1) is 11.3. The zero-order chi connectivity index (χ0) is 9.45.